The van der Waals surface area contributed by atoms with E-state index >= 15 is 0 Å². The minimum absolute atomic E-state index is 0.136. The number of rotatable bonds is 2. The molecular formula is C25H33N3O. The number of allylic oxidation sites excluding steroid dienone is 2. The van der Waals surface area contributed by atoms with Crippen LogP contribution in [0.3, 0.4) is 0 Å². The van der Waals surface area contributed by atoms with E-state index < -0.39 is 0 Å². The first kappa shape index (κ1) is 19.0. The third-order valence-corrected chi connectivity index (χ3v) is 9.19. The summed E-state index contributed by atoms with van der Waals surface area (Å²) in [5.74, 6) is 3.15. The van der Waals surface area contributed by atoms with E-state index in [1.807, 2.05) is 0 Å². The smallest absolute Gasteiger partial charge is 0.267 e. The average molecular weight is 392 g/mol. The van der Waals surface area contributed by atoms with Gasteiger partial charge in [0, 0.05) is 29.1 Å². The highest BCUT2D eigenvalue weighted by atomic mass is 16.2. The Kier molecular flexibility index (Phi) is 4.64. The summed E-state index contributed by atoms with van der Waals surface area (Å²) < 4.78 is 0. The minimum Gasteiger partial charge on any atom is -0.267 e. The van der Waals surface area contributed by atoms with E-state index in [9.17, 15) is 4.79 Å². The summed E-state index contributed by atoms with van der Waals surface area (Å²) in [6, 6.07) is 3.47. The zero-order valence-corrected chi connectivity index (χ0v) is 17.7. The molecule has 1 amide bonds. The number of hydrazone groups is 1. The van der Waals surface area contributed by atoms with Crippen LogP contribution in [-0.4, -0.2) is 16.6 Å². The van der Waals surface area contributed by atoms with Crippen LogP contribution in [0.25, 0.3) is 0 Å². The molecule has 1 aromatic heterocycles. The second-order valence-electron chi connectivity index (χ2n) is 10.3. The molecule has 4 aliphatic rings. The number of carbonyl (C=O) groups is 1. The summed E-state index contributed by atoms with van der Waals surface area (Å²) in [5.41, 5.74) is 5.32. The van der Waals surface area contributed by atoms with Gasteiger partial charge in [-0.1, -0.05) is 26.0 Å². The van der Waals surface area contributed by atoms with Gasteiger partial charge in [-0.05, 0) is 92.6 Å². The Balaban J connectivity index is 1.35. The fraction of sp³-hybridized carbons (Fsp3) is 0.640. The third-order valence-electron chi connectivity index (χ3n) is 9.19. The third kappa shape index (κ3) is 2.98. The van der Waals surface area contributed by atoms with Crippen molar-refractivity contribution < 1.29 is 4.79 Å². The number of pyridine rings is 1. The molecule has 0 aromatic carbocycles. The molecule has 0 radical (unpaired) electrons. The van der Waals surface area contributed by atoms with Crippen LogP contribution >= 0.6 is 0 Å². The van der Waals surface area contributed by atoms with Gasteiger partial charge in [0.2, 0.25) is 0 Å². The van der Waals surface area contributed by atoms with Crippen molar-refractivity contribution in [2.24, 2.45) is 39.6 Å². The van der Waals surface area contributed by atoms with Crippen molar-refractivity contribution in [3.8, 4) is 0 Å². The van der Waals surface area contributed by atoms with Gasteiger partial charge < -0.3 is 0 Å². The molecule has 4 heteroatoms. The second-order valence-corrected chi connectivity index (χ2v) is 10.3. The van der Waals surface area contributed by atoms with Gasteiger partial charge in [-0.2, -0.15) is 5.10 Å². The maximum Gasteiger partial charge on any atom is 0.271 e. The lowest BCUT2D eigenvalue weighted by Crippen LogP contribution is -2.52. The van der Waals surface area contributed by atoms with Gasteiger partial charge in [-0.25, -0.2) is 5.43 Å². The quantitative estimate of drug-likeness (QED) is 0.544. The fourth-order valence-corrected chi connectivity index (χ4v) is 7.50. The molecule has 4 nitrogen and oxygen atoms in total. The summed E-state index contributed by atoms with van der Waals surface area (Å²) in [7, 11) is 0. The Morgan fingerprint density at radius 1 is 1.10 bits per heavy atom. The Morgan fingerprint density at radius 3 is 2.76 bits per heavy atom. The van der Waals surface area contributed by atoms with Crippen LogP contribution in [0.5, 0.6) is 0 Å². The van der Waals surface area contributed by atoms with Crippen molar-refractivity contribution in [3.63, 3.8) is 0 Å². The molecule has 3 saturated carbocycles. The molecule has 6 atom stereocenters. The van der Waals surface area contributed by atoms with Crippen molar-refractivity contribution in [3.05, 3.63) is 42.2 Å². The topological polar surface area (TPSA) is 54.4 Å². The van der Waals surface area contributed by atoms with E-state index in [0.29, 0.717) is 11.0 Å². The van der Waals surface area contributed by atoms with E-state index in [1.165, 1.54) is 50.7 Å². The molecule has 0 aliphatic heterocycles. The van der Waals surface area contributed by atoms with Crippen LogP contribution in [0, 0.1) is 34.5 Å². The number of carbonyl (C=O) groups excluding carboxylic acids is 1. The zero-order chi connectivity index (χ0) is 20.1. The molecule has 1 heterocycles. The van der Waals surface area contributed by atoms with Crippen LogP contribution in [0.4, 0.5) is 0 Å². The van der Waals surface area contributed by atoms with Crippen LogP contribution in [-0.2, 0) is 0 Å². The maximum atomic E-state index is 12.4. The number of fused-ring (bicyclic) bond motifs is 5. The van der Waals surface area contributed by atoms with Crippen LogP contribution in [0.1, 0.15) is 75.6 Å². The lowest BCUT2D eigenvalue weighted by atomic mass is 9.46. The van der Waals surface area contributed by atoms with Crippen molar-refractivity contribution in [2.45, 2.75) is 65.2 Å². The number of amides is 1. The van der Waals surface area contributed by atoms with Gasteiger partial charge in [-0.3, -0.25) is 9.78 Å². The number of nitrogens with zero attached hydrogens (tertiary/aromatic N) is 2. The molecule has 1 N–H and O–H groups in total. The van der Waals surface area contributed by atoms with E-state index in [0.717, 1.165) is 30.1 Å². The lowest BCUT2D eigenvalue weighted by molar-refractivity contribution is -0.0761. The first-order chi connectivity index (χ1) is 14.0. The highest BCUT2D eigenvalue weighted by molar-refractivity contribution is 5.97. The van der Waals surface area contributed by atoms with E-state index in [-0.39, 0.29) is 11.3 Å². The molecule has 0 unspecified atom stereocenters. The molecule has 0 spiro atoms. The number of aromatic nitrogens is 1. The highest BCUT2D eigenvalue weighted by Crippen LogP contribution is 2.64. The molecule has 0 bridgehead atoms. The molecular weight excluding hydrogens is 358 g/mol. The van der Waals surface area contributed by atoms with Crippen molar-refractivity contribution in [1.29, 1.82) is 0 Å². The molecule has 1 aromatic rings. The number of hydrogen-bond acceptors (Lipinski definition) is 3. The van der Waals surface area contributed by atoms with Gasteiger partial charge in [0.05, 0.1) is 0 Å². The Bertz CT molecular complexity index is 847. The summed E-state index contributed by atoms with van der Waals surface area (Å²) in [4.78, 5) is 16.4. The van der Waals surface area contributed by atoms with Gasteiger partial charge in [0.15, 0.2) is 0 Å². The molecule has 3 fully saturated rings. The molecule has 5 rings (SSSR count). The summed E-state index contributed by atoms with van der Waals surface area (Å²) >= 11 is 0. The number of hydrogen-bond donors (Lipinski definition) is 1. The van der Waals surface area contributed by atoms with E-state index in [4.69, 9.17) is 0 Å². The standard InChI is InChI=1S/C25H33N3O/c1-24-13-4-3-5-18(24)6-7-19-20-8-9-22(25(20,2)14-10-21(19)24)27-28-23(29)17-11-15-26-16-12-17/h3-4,11-12,15-16,18-21H,5-10,13-14H2,1-2H3,(H,28,29)/b27-22-/t18-,19-,20-,21-,24+,25+/m1/s1. The summed E-state index contributed by atoms with van der Waals surface area (Å²) in [6.45, 7) is 5.01. The molecule has 0 saturated heterocycles. The van der Waals surface area contributed by atoms with Gasteiger partial charge in [0.1, 0.15) is 0 Å². The Morgan fingerprint density at radius 2 is 1.93 bits per heavy atom. The normalized spacial score (nSPS) is 42.1. The summed E-state index contributed by atoms with van der Waals surface area (Å²) in [5, 5.41) is 4.68. The predicted molar refractivity (Wildman–Crippen MR) is 115 cm³/mol. The first-order valence-corrected chi connectivity index (χ1v) is 11.4. The first-order valence-electron chi connectivity index (χ1n) is 11.4. The predicted octanol–water partition coefficient (Wildman–Crippen LogP) is 5.38. The van der Waals surface area contributed by atoms with Crippen molar-refractivity contribution in [1.82, 2.24) is 10.4 Å². The monoisotopic (exact) mass is 391 g/mol. The largest absolute Gasteiger partial charge is 0.271 e. The van der Waals surface area contributed by atoms with Gasteiger partial charge >= 0.3 is 0 Å². The molecule has 29 heavy (non-hydrogen) atoms. The Labute approximate surface area is 174 Å². The second kappa shape index (κ2) is 7.07. The zero-order valence-electron chi connectivity index (χ0n) is 17.7. The van der Waals surface area contributed by atoms with Crippen LogP contribution in [0.15, 0.2) is 41.8 Å². The van der Waals surface area contributed by atoms with Gasteiger partial charge in [-0.15, -0.1) is 0 Å². The van der Waals surface area contributed by atoms with E-state index in [2.05, 4.69) is 41.5 Å². The average Bonchev–Trinajstić information content (AvgIpc) is 3.08. The SMILES string of the molecule is C[C@]12CC=CC[C@@H]1CC[C@H]1[C@H]2CC[C@]2(C)/C(=N\NC(=O)c3ccncc3)CC[C@H]12. The minimum atomic E-state index is -0.136. The van der Waals surface area contributed by atoms with Gasteiger partial charge in [0.25, 0.3) is 5.91 Å². The number of nitrogens with one attached hydrogen (secondary N) is 1. The summed E-state index contributed by atoms with van der Waals surface area (Å²) in [6.07, 6.45) is 18.3. The fourth-order valence-electron chi connectivity index (χ4n) is 7.50. The lowest BCUT2D eigenvalue weighted by Gasteiger charge is -2.59. The Hall–Kier alpha value is -1.97. The van der Waals surface area contributed by atoms with Crippen molar-refractivity contribution >= 4 is 11.6 Å². The van der Waals surface area contributed by atoms with Crippen LogP contribution < -0.4 is 5.43 Å². The highest BCUT2D eigenvalue weighted by Gasteiger charge is 2.58. The maximum absolute atomic E-state index is 12.4. The van der Waals surface area contributed by atoms with Crippen molar-refractivity contribution in [2.75, 3.05) is 0 Å². The van der Waals surface area contributed by atoms with E-state index in [1.54, 1.807) is 24.5 Å². The molecule has 154 valence electrons. The van der Waals surface area contributed by atoms with Crippen LogP contribution in [0.2, 0.25) is 0 Å². The molecule has 4 aliphatic carbocycles.